The average Bonchev–Trinajstić information content (AvgIpc) is 3.01. The van der Waals surface area contributed by atoms with Gasteiger partial charge in [-0.25, -0.2) is 0 Å². The summed E-state index contributed by atoms with van der Waals surface area (Å²) < 4.78 is 1.81. The van der Waals surface area contributed by atoms with Crippen molar-refractivity contribution < 1.29 is 9.59 Å². The van der Waals surface area contributed by atoms with Gasteiger partial charge in [0.2, 0.25) is 5.91 Å². The van der Waals surface area contributed by atoms with E-state index in [1.54, 1.807) is 6.20 Å². The average molecular weight is 332 g/mol. The molecule has 2 aliphatic heterocycles. The zero-order chi connectivity index (χ0) is 17.2. The molecular weight excluding hydrogens is 304 g/mol. The van der Waals surface area contributed by atoms with Gasteiger partial charge in [0, 0.05) is 45.8 Å². The van der Waals surface area contributed by atoms with Gasteiger partial charge in [0.1, 0.15) is 5.69 Å². The Morgan fingerprint density at radius 1 is 1.21 bits per heavy atom. The summed E-state index contributed by atoms with van der Waals surface area (Å²) in [6.45, 7) is 5.28. The van der Waals surface area contributed by atoms with Crippen molar-refractivity contribution in [3.05, 3.63) is 18.0 Å². The Balaban J connectivity index is 1.63. The fourth-order valence-corrected chi connectivity index (χ4v) is 3.97. The van der Waals surface area contributed by atoms with Crippen LogP contribution in [0.15, 0.2) is 12.3 Å². The molecule has 0 atom stereocenters. The number of nitrogens with zero attached hydrogens (tertiary/aromatic N) is 4. The molecule has 1 aromatic rings. The highest BCUT2D eigenvalue weighted by Crippen LogP contribution is 2.41. The molecule has 3 rings (SSSR count). The summed E-state index contributed by atoms with van der Waals surface area (Å²) in [7, 11) is 1.90. The first-order valence-corrected chi connectivity index (χ1v) is 9.10. The van der Waals surface area contributed by atoms with E-state index < -0.39 is 0 Å². The zero-order valence-electron chi connectivity index (χ0n) is 14.8. The molecule has 2 amide bonds. The molecule has 0 aromatic carbocycles. The third kappa shape index (κ3) is 3.32. The first-order chi connectivity index (χ1) is 11.5. The van der Waals surface area contributed by atoms with Crippen LogP contribution in [0.2, 0.25) is 0 Å². The molecule has 2 aliphatic rings. The molecule has 132 valence electrons. The topological polar surface area (TPSA) is 58.4 Å². The Hall–Kier alpha value is -1.85. The molecule has 2 saturated heterocycles. The fraction of sp³-hybridized carbons (Fsp3) is 0.722. The lowest BCUT2D eigenvalue weighted by Crippen LogP contribution is -2.44. The summed E-state index contributed by atoms with van der Waals surface area (Å²) >= 11 is 0. The molecule has 0 aliphatic carbocycles. The van der Waals surface area contributed by atoms with Gasteiger partial charge in [0.15, 0.2) is 0 Å². The zero-order valence-corrected chi connectivity index (χ0v) is 14.8. The summed E-state index contributed by atoms with van der Waals surface area (Å²) in [6.07, 6.45) is 7.35. The number of rotatable bonds is 3. The predicted molar refractivity (Wildman–Crippen MR) is 91.6 cm³/mol. The molecule has 2 fully saturated rings. The van der Waals surface area contributed by atoms with E-state index in [1.807, 2.05) is 27.6 Å². The van der Waals surface area contributed by atoms with E-state index in [2.05, 4.69) is 12.0 Å². The molecular formula is C18H28N4O2. The molecule has 0 bridgehead atoms. The lowest BCUT2D eigenvalue weighted by Gasteiger charge is -2.41. The van der Waals surface area contributed by atoms with E-state index in [4.69, 9.17) is 0 Å². The summed E-state index contributed by atoms with van der Waals surface area (Å²) in [6, 6.07) is 1.82. The molecule has 3 heterocycles. The van der Waals surface area contributed by atoms with Gasteiger partial charge >= 0.3 is 0 Å². The number of amides is 2. The third-order valence-corrected chi connectivity index (χ3v) is 5.75. The fourth-order valence-electron chi connectivity index (χ4n) is 3.97. The summed E-state index contributed by atoms with van der Waals surface area (Å²) in [5.41, 5.74) is 0.935. The SMILES string of the molecule is CCCn1nccc1C(=O)N1CCC2(CCC(=O)N(C)CC2)CC1. The van der Waals surface area contributed by atoms with Crippen molar-refractivity contribution in [3.8, 4) is 0 Å². The van der Waals surface area contributed by atoms with Gasteiger partial charge in [-0.05, 0) is 43.6 Å². The van der Waals surface area contributed by atoms with Crippen molar-refractivity contribution in [2.24, 2.45) is 5.41 Å². The predicted octanol–water partition coefficient (Wildman–Crippen LogP) is 2.16. The molecule has 0 saturated carbocycles. The van der Waals surface area contributed by atoms with Crippen LogP contribution >= 0.6 is 0 Å². The molecule has 1 spiro atoms. The Kier molecular flexibility index (Phi) is 4.92. The Bertz CT molecular complexity index is 602. The van der Waals surface area contributed by atoms with E-state index in [9.17, 15) is 9.59 Å². The van der Waals surface area contributed by atoms with Crippen molar-refractivity contribution in [2.75, 3.05) is 26.7 Å². The van der Waals surface area contributed by atoms with Crippen molar-refractivity contribution in [3.63, 3.8) is 0 Å². The van der Waals surface area contributed by atoms with E-state index in [1.165, 1.54) is 0 Å². The van der Waals surface area contributed by atoms with E-state index in [0.29, 0.717) is 12.1 Å². The van der Waals surface area contributed by atoms with Crippen LogP contribution in [0.5, 0.6) is 0 Å². The normalized spacial score (nSPS) is 21.2. The lowest BCUT2D eigenvalue weighted by molar-refractivity contribution is -0.129. The number of carbonyl (C=O) groups excluding carboxylic acids is 2. The molecule has 1 aromatic heterocycles. The van der Waals surface area contributed by atoms with Gasteiger partial charge in [-0.15, -0.1) is 0 Å². The number of piperidine rings is 1. The standard InChI is InChI=1S/C18H28N4O2/c1-3-11-22-15(5-10-19-22)17(24)21-13-8-18(9-14-21)6-4-16(23)20(2)12-7-18/h5,10H,3-4,6-9,11-14H2,1-2H3. The maximum Gasteiger partial charge on any atom is 0.272 e. The number of aryl methyl sites for hydroxylation is 1. The highest BCUT2D eigenvalue weighted by molar-refractivity contribution is 5.92. The Morgan fingerprint density at radius 3 is 2.62 bits per heavy atom. The van der Waals surface area contributed by atoms with Crippen LogP contribution in [-0.2, 0) is 11.3 Å². The summed E-state index contributed by atoms with van der Waals surface area (Å²) in [5.74, 6) is 0.353. The first kappa shape index (κ1) is 17.0. The minimum Gasteiger partial charge on any atom is -0.346 e. The van der Waals surface area contributed by atoms with Crippen LogP contribution < -0.4 is 0 Å². The van der Waals surface area contributed by atoms with Gasteiger partial charge in [-0.2, -0.15) is 5.10 Å². The van der Waals surface area contributed by atoms with Crippen LogP contribution in [-0.4, -0.2) is 58.1 Å². The molecule has 0 N–H and O–H groups in total. The van der Waals surface area contributed by atoms with Gasteiger partial charge in [0.05, 0.1) is 0 Å². The molecule has 0 unspecified atom stereocenters. The van der Waals surface area contributed by atoms with E-state index in [0.717, 1.165) is 58.3 Å². The second kappa shape index (κ2) is 6.95. The van der Waals surface area contributed by atoms with Gasteiger partial charge in [0.25, 0.3) is 5.91 Å². The molecule has 6 nitrogen and oxygen atoms in total. The third-order valence-electron chi connectivity index (χ3n) is 5.75. The summed E-state index contributed by atoms with van der Waals surface area (Å²) in [5, 5.41) is 4.26. The number of likely N-dealkylation sites (tertiary alicyclic amines) is 2. The second-order valence-corrected chi connectivity index (χ2v) is 7.30. The number of hydrogen-bond donors (Lipinski definition) is 0. The van der Waals surface area contributed by atoms with Crippen LogP contribution in [0.3, 0.4) is 0 Å². The Labute approximate surface area is 143 Å². The number of carbonyl (C=O) groups is 2. The maximum absolute atomic E-state index is 12.8. The lowest BCUT2D eigenvalue weighted by atomic mass is 9.73. The minimum absolute atomic E-state index is 0.0950. The van der Waals surface area contributed by atoms with Gasteiger partial charge < -0.3 is 9.80 Å². The first-order valence-electron chi connectivity index (χ1n) is 9.10. The summed E-state index contributed by atoms with van der Waals surface area (Å²) in [4.78, 5) is 28.5. The van der Waals surface area contributed by atoms with Crippen molar-refractivity contribution in [2.45, 2.75) is 52.0 Å². The van der Waals surface area contributed by atoms with Gasteiger partial charge in [-0.3, -0.25) is 14.3 Å². The second-order valence-electron chi connectivity index (χ2n) is 7.30. The Morgan fingerprint density at radius 2 is 1.92 bits per heavy atom. The smallest absolute Gasteiger partial charge is 0.272 e. The number of hydrogen-bond acceptors (Lipinski definition) is 3. The van der Waals surface area contributed by atoms with Crippen LogP contribution in [0, 0.1) is 5.41 Å². The minimum atomic E-state index is 0.0950. The monoisotopic (exact) mass is 332 g/mol. The molecule has 24 heavy (non-hydrogen) atoms. The maximum atomic E-state index is 12.8. The van der Waals surface area contributed by atoms with Crippen LogP contribution in [0.25, 0.3) is 0 Å². The quantitative estimate of drug-likeness (QED) is 0.852. The van der Waals surface area contributed by atoms with Gasteiger partial charge in [-0.1, -0.05) is 6.92 Å². The largest absolute Gasteiger partial charge is 0.346 e. The van der Waals surface area contributed by atoms with Crippen LogP contribution in [0.4, 0.5) is 0 Å². The van der Waals surface area contributed by atoms with Crippen molar-refractivity contribution in [1.29, 1.82) is 0 Å². The van der Waals surface area contributed by atoms with E-state index >= 15 is 0 Å². The molecule has 6 heteroatoms. The number of aromatic nitrogens is 2. The van der Waals surface area contributed by atoms with Crippen LogP contribution in [0.1, 0.15) is 55.9 Å². The highest BCUT2D eigenvalue weighted by atomic mass is 16.2. The van der Waals surface area contributed by atoms with Crippen molar-refractivity contribution >= 4 is 11.8 Å². The van der Waals surface area contributed by atoms with E-state index in [-0.39, 0.29) is 17.2 Å². The molecule has 0 radical (unpaired) electrons. The highest BCUT2D eigenvalue weighted by Gasteiger charge is 2.38. The van der Waals surface area contributed by atoms with Crippen molar-refractivity contribution in [1.82, 2.24) is 19.6 Å².